The predicted octanol–water partition coefficient (Wildman–Crippen LogP) is 2.68. The van der Waals surface area contributed by atoms with Gasteiger partial charge in [0.15, 0.2) is 0 Å². The number of rotatable bonds is 2. The molecule has 1 amide bonds. The fourth-order valence-corrected chi connectivity index (χ4v) is 4.72. The van der Waals surface area contributed by atoms with Crippen LogP contribution in [0.3, 0.4) is 0 Å². The van der Waals surface area contributed by atoms with Gasteiger partial charge in [-0.25, -0.2) is 4.98 Å². The van der Waals surface area contributed by atoms with Crippen molar-refractivity contribution in [1.82, 2.24) is 9.88 Å². The van der Waals surface area contributed by atoms with Gasteiger partial charge in [-0.05, 0) is 39.5 Å². The summed E-state index contributed by atoms with van der Waals surface area (Å²) in [6.45, 7) is 7.32. The molecular formula is C17H26N2O3S. The number of aromatic nitrogens is 1. The smallest absolute Gasteiger partial charge is 0.265 e. The van der Waals surface area contributed by atoms with E-state index in [1.165, 1.54) is 11.3 Å². The lowest BCUT2D eigenvalue weighted by Gasteiger charge is -2.47. The van der Waals surface area contributed by atoms with Gasteiger partial charge in [-0.3, -0.25) is 4.79 Å². The number of likely N-dealkylation sites (tertiary alicyclic amines) is 1. The van der Waals surface area contributed by atoms with E-state index in [2.05, 4.69) is 11.9 Å². The van der Waals surface area contributed by atoms with Crippen molar-refractivity contribution in [1.29, 1.82) is 0 Å². The first kappa shape index (κ1) is 16.9. The number of carbonyl (C=O) groups excluding carboxylic acids is 1. The van der Waals surface area contributed by atoms with E-state index in [0.29, 0.717) is 19.5 Å². The minimum atomic E-state index is -0.276. The summed E-state index contributed by atoms with van der Waals surface area (Å²) in [4.78, 5) is 19.7. The van der Waals surface area contributed by atoms with Gasteiger partial charge in [0, 0.05) is 19.5 Å². The standard InChI is InChI=1S/C17H26N2O3S/c1-4-14-9-13(20)10-17(22-14)5-7-19(8-6-17)16(21)15-11(2)18-12(3)23-15/h13-14,20H,4-10H2,1-3H3/t13-,14+/m1/s1. The molecule has 0 aliphatic carbocycles. The van der Waals surface area contributed by atoms with Crippen LogP contribution in [0.4, 0.5) is 0 Å². The first-order valence-electron chi connectivity index (χ1n) is 8.51. The minimum absolute atomic E-state index is 0.0892. The molecule has 2 aliphatic rings. The lowest BCUT2D eigenvalue weighted by molar-refractivity contribution is -0.179. The van der Waals surface area contributed by atoms with Crippen molar-refractivity contribution in [3.05, 3.63) is 15.6 Å². The van der Waals surface area contributed by atoms with Crippen molar-refractivity contribution in [3.63, 3.8) is 0 Å². The molecule has 128 valence electrons. The topological polar surface area (TPSA) is 62.7 Å². The molecule has 2 aliphatic heterocycles. The van der Waals surface area contributed by atoms with Crippen molar-refractivity contribution < 1.29 is 14.6 Å². The average molecular weight is 338 g/mol. The summed E-state index contributed by atoms with van der Waals surface area (Å²) in [5.74, 6) is 0.0892. The molecule has 2 fully saturated rings. The Morgan fingerprint density at radius 3 is 2.70 bits per heavy atom. The Balaban J connectivity index is 1.66. The number of carbonyl (C=O) groups is 1. The zero-order chi connectivity index (χ0) is 16.6. The second kappa shape index (κ2) is 6.49. The van der Waals surface area contributed by atoms with Gasteiger partial charge in [0.05, 0.1) is 28.5 Å². The van der Waals surface area contributed by atoms with Crippen molar-refractivity contribution in [2.75, 3.05) is 13.1 Å². The molecule has 1 spiro atoms. The van der Waals surface area contributed by atoms with Crippen LogP contribution in [-0.4, -0.2) is 51.8 Å². The maximum atomic E-state index is 12.7. The Bertz CT molecular complexity index is 578. The number of hydrogen-bond acceptors (Lipinski definition) is 5. The van der Waals surface area contributed by atoms with Gasteiger partial charge in [0.2, 0.25) is 0 Å². The fraction of sp³-hybridized carbons (Fsp3) is 0.765. The third-order valence-corrected chi connectivity index (χ3v) is 6.14. The predicted molar refractivity (Wildman–Crippen MR) is 89.9 cm³/mol. The number of aliphatic hydroxyl groups is 1. The number of aryl methyl sites for hydroxylation is 2. The summed E-state index contributed by atoms with van der Waals surface area (Å²) in [5, 5.41) is 11.1. The largest absolute Gasteiger partial charge is 0.393 e. The van der Waals surface area contributed by atoms with Gasteiger partial charge in [-0.15, -0.1) is 11.3 Å². The van der Waals surface area contributed by atoms with Crippen molar-refractivity contribution in [3.8, 4) is 0 Å². The van der Waals surface area contributed by atoms with Gasteiger partial charge >= 0.3 is 0 Å². The molecule has 1 N–H and O–H groups in total. The Labute approximate surface area is 141 Å². The maximum Gasteiger partial charge on any atom is 0.265 e. The highest BCUT2D eigenvalue weighted by atomic mass is 32.1. The minimum Gasteiger partial charge on any atom is -0.393 e. The summed E-state index contributed by atoms with van der Waals surface area (Å²) < 4.78 is 6.29. The molecule has 3 rings (SSSR count). The third kappa shape index (κ3) is 3.44. The van der Waals surface area contributed by atoms with Crippen LogP contribution >= 0.6 is 11.3 Å². The average Bonchev–Trinajstić information content (AvgIpc) is 2.85. The molecule has 2 saturated heterocycles. The number of aliphatic hydroxyl groups excluding tert-OH is 1. The molecule has 6 heteroatoms. The Kier molecular flexibility index (Phi) is 4.76. The lowest BCUT2D eigenvalue weighted by atomic mass is 9.81. The van der Waals surface area contributed by atoms with E-state index in [1.54, 1.807) is 0 Å². The number of thiazole rings is 1. The third-order valence-electron chi connectivity index (χ3n) is 5.07. The highest BCUT2D eigenvalue weighted by molar-refractivity contribution is 7.13. The van der Waals surface area contributed by atoms with Crippen LogP contribution < -0.4 is 0 Å². The highest BCUT2D eigenvalue weighted by Crippen LogP contribution is 2.38. The summed E-state index contributed by atoms with van der Waals surface area (Å²) >= 11 is 1.47. The summed E-state index contributed by atoms with van der Waals surface area (Å²) in [6.07, 6.45) is 3.85. The molecule has 23 heavy (non-hydrogen) atoms. The van der Waals surface area contributed by atoms with Gasteiger partial charge < -0.3 is 14.7 Å². The van der Waals surface area contributed by atoms with E-state index >= 15 is 0 Å². The molecule has 0 bridgehead atoms. The van der Waals surface area contributed by atoms with Crippen LogP contribution in [0.5, 0.6) is 0 Å². The molecule has 0 radical (unpaired) electrons. The second-order valence-corrected chi connectivity index (χ2v) is 8.07. The van der Waals surface area contributed by atoms with E-state index in [9.17, 15) is 9.90 Å². The molecule has 5 nitrogen and oxygen atoms in total. The highest BCUT2D eigenvalue weighted by Gasteiger charge is 2.43. The van der Waals surface area contributed by atoms with Crippen LogP contribution in [0.2, 0.25) is 0 Å². The number of hydrogen-bond donors (Lipinski definition) is 1. The van der Waals surface area contributed by atoms with Crippen LogP contribution in [-0.2, 0) is 4.74 Å². The molecule has 3 heterocycles. The Hall–Kier alpha value is -0.980. The fourth-order valence-electron chi connectivity index (χ4n) is 3.83. The van der Waals surface area contributed by atoms with Crippen LogP contribution in [0.1, 0.15) is 59.4 Å². The van der Waals surface area contributed by atoms with Crippen LogP contribution in [0, 0.1) is 13.8 Å². The number of piperidine rings is 1. The zero-order valence-electron chi connectivity index (χ0n) is 14.2. The van der Waals surface area contributed by atoms with Gasteiger partial charge in [0.25, 0.3) is 5.91 Å². The summed E-state index contributed by atoms with van der Waals surface area (Å²) in [6, 6.07) is 0. The van der Waals surface area contributed by atoms with Gasteiger partial charge in [-0.2, -0.15) is 0 Å². The first-order valence-corrected chi connectivity index (χ1v) is 9.33. The van der Waals surface area contributed by atoms with E-state index in [0.717, 1.165) is 41.3 Å². The molecule has 0 aromatic carbocycles. The number of nitrogens with zero attached hydrogens (tertiary/aromatic N) is 2. The summed E-state index contributed by atoms with van der Waals surface area (Å²) in [5.41, 5.74) is 0.585. The first-order chi connectivity index (χ1) is 10.9. The monoisotopic (exact) mass is 338 g/mol. The normalized spacial score (nSPS) is 27.4. The van der Waals surface area contributed by atoms with E-state index in [4.69, 9.17) is 4.74 Å². The molecule has 2 atom stereocenters. The SMILES string of the molecule is CC[C@H]1C[C@@H](O)CC2(CCN(C(=O)c3sc(C)nc3C)CC2)O1. The van der Waals surface area contributed by atoms with Crippen molar-refractivity contribution in [2.24, 2.45) is 0 Å². The van der Waals surface area contributed by atoms with Crippen LogP contribution in [0.15, 0.2) is 0 Å². The van der Waals surface area contributed by atoms with E-state index < -0.39 is 0 Å². The quantitative estimate of drug-likeness (QED) is 0.900. The van der Waals surface area contributed by atoms with E-state index in [1.807, 2.05) is 18.7 Å². The van der Waals surface area contributed by atoms with Gasteiger partial charge in [0.1, 0.15) is 4.88 Å². The zero-order valence-corrected chi connectivity index (χ0v) is 15.0. The molecule has 1 aromatic heterocycles. The maximum absolute atomic E-state index is 12.7. The lowest BCUT2D eigenvalue weighted by Crippen LogP contribution is -2.53. The van der Waals surface area contributed by atoms with Crippen LogP contribution in [0.25, 0.3) is 0 Å². The molecule has 1 aromatic rings. The Morgan fingerprint density at radius 1 is 1.43 bits per heavy atom. The van der Waals surface area contributed by atoms with E-state index in [-0.39, 0.29) is 23.7 Å². The Morgan fingerprint density at radius 2 is 2.13 bits per heavy atom. The number of ether oxygens (including phenoxy) is 1. The molecular weight excluding hydrogens is 312 g/mol. The van der Waals surface area contributed by atoms with Crippen molar-refractivity contribution >= 4 is 17.2 Å². The molecule has 0 unspecified atom stereocenters. The second-order valence-electron chi connectivity index (χ2n) is 6.86. The van der Waals surface area contributed by atoms with Crippen molar-refractivity contribution in [2.45, 2.75) is 70.7 Å². The molecule has 0 saturated carbocycles. The number of amides is 1. The summed E-state index contributed by atoms with van der Waals surface area (Å²) in [7, 11) is 0. The van der Waals surface area contributed by atoms with Gasteiger partial charge in [-0.1, -0.05) is 6.92 Å².